The van der Waals surface area contributed by atoms with Gasteiger partial charge < -0.3 is 15.5 Å². The molecule has 2 N–H and O–H groups in total. The van der Waals surface area contributed by atoms with Gasteiger partial charge in [-0.2, -0.15) is 0 Å². The van der Waals surface area contributed by atoms with Crippen molar-refractivity contribution in [3.05, 3.63) is 59.0 Å². The summed E-state index contributed by atoms with van der Waals surface area (Å²) in [7, 11) is 4.11. The van der Waals surface area contributed by atoms with Crippen molar-refractivity contribution in [2.75, 3.05) is 42.7 Å². The van der Waals surface area contributed by atoms with Crippen LogP contribution in [-0.4, -0.2) is 51.5 Å². The molecule has 1 aliphatic carbocycles. The highest BCUT2D eigenvalue weighted by atomic mass is 35.5. The molecule has 1 spiro atoms. The lowest BCUT2D eigenvalue weighted by molar-refractivity contribution is 0.231. The number of nitrogens with two attached hydrogens (primary N) is 1. The van der Waals surface area contributed by atoms with E-state index in [0.717, 1.165) is 77.0 Å². The lowest BCUT2D eigenvalue weighted by Crippen LogP contribution is -2.41. The Bertz CT molecular complexity index is 1640. The monoisotopic (exact) mass is 530 g/mol. The van der Waals surface area contributed by atoms with Crippen molar-refractivity contribution in [2.24, 2.45) is 5.41 Å². The van der Waals surface area contributed by atoms with Crippen LogP contribution in [-0.2, 0) is 12.8 Å². The summed E-state index contributed by atoms with van der Waals surface area (Å²) in [6, 6.07) is 10.4. The van der Waals surface area contributed by atoms with Crippen molar-refractivity contribution >= 4 is 57.6 Å². The molecule has 37 heavy (non-hydrogen) atoms. The first-order chi connectivity index (χ1) is 17.9. The van der Waals surface area contributed by atoms with Gasteiger partial charge in [0.15, 0.2) is 11.5 Å². The van der Waals surface area contributed by atoms with Crippen LogP contribution in [0.1, 0.15) is 24.1 Å². The fourth-order valence-corrected chi connectivity index (χ4v) is 7.03. The number of nitrogens with zero attached hydrogens (tertiary/aromatic N) is 7. The summed E-state index contributed by atoms with van der Waals surface area (Å²) in [6.07, 6.45) is 8.10. The number of hydrogen-bond acceptors (Lipinski definition) is 8. The zero-order chi connectivity index (χ0) is 25.3. The Morgan fingerprint density at radius 2 is 1.84 bits per heavy atom. The number of halogens is 1. The highest BCUT2D eigenvalue weighted by molar-refractivity contribution is 7.99. The Morgan fingerprint density at radius 3 is 2.65 bits per heavy atom. The Balaban J connectivity index is 1.14. The summed E-state index contributed by atoms with van der Waals surface area (Å²) in [4.78, 5) is 25.2. The first-order valence-electron chi connectivity index (χ1n) is 12.5. The lowest BCUT2D eigenvalue weighted by Gasteiger charge is -2.39. The molecule has 7 rings (SSSR count). The number of aromatic nitrogens is 5. The molecule has 8 nitrogen and oxygen atoms in total. The maximum Gasteiger partial charge on any atom is 0.157 e. The van der Waals surface area contributed by atoms with Crippen LogP contribution in [0, 0.1) is 5.41 Å². The largest absolute Gasteiger partial charge is 0.382 e. The van der Waals surface area contributed by atoms with Gasteiger partial charge in [-0.15, -0.1) is 0 Å². The summed E-state index contributed by atoms with van der Waals surface area (Å²) in [5.74, 6) is 2.40. The number of fused-ring (bicyclic) bond motifs is 1. The van der Waals surface area contributed by atoms with Crippen LogP contribution in [0.5, 0.6) is 0 Å². The quantitative estimate of drug-likeness (QED) is 0.349. The molecule has 5 aromatic heterocycles. The Kier molecular flexibility index (Phi) is 5.17. The topological polar surface area (TPSA) is 88.5 Å². The molecule has 0 unspecified atom stereocenters. The molecule has 1 fully saturated rings. The van der Waals surface area contributed by atoms with Gasteiger partial charge in [0.05, 0.1) is 16.1 Å². The van der Waals surface area contributed by atoms with E-state index in [1.54, 1.807) is 18.0 Å². The predicted molar refractivity (Wildman–Crippen MR) is 149 cm³/mol. The highest BCUT2D eigenvalue weighted by Gasteiger charge is 2.41. The van der Waals surface area contributed by atoms with E-state index in [2.05, 4.69) is 57.5 Å². The third-order valence-electron chi connectivity index (χ3n) is 7.89. The Hall–Kier alpha value is -3.30. The van der Waals surface area contributed by atoms with Gasteiger partial charge in [0, 0.05) is 44.0 Å². The van der Waals surface area contributed by atoms with E-state index in [9.17, 15) is 0 Å². The number of nitrogen functional groups attached to an aromatic ring is 1. The van der Waals surface area contributed by atoms with Crippen molar-refractivity contribution in [3.8, 4) is 0 Å². The van der Waals surface area contributed by atoms with E-state index >= 15 is 0 Å². The first-order valence-corrected chi connectivity index (χ1v) is 13.7. The molecular weight excluding hydrogens is 504 g/mol. The van der Waals surface area contributed by atoms with Crippen LogP contribution in [0.15, 0.2) is 52.5 Å². The second-order valence-electron chi connectivity index (χ2n) is 10.4. The van der Waals surface area contributed by atoms with Gasteiger partial charge in [0.2, 0.25) is 0 Å². The number of rotatable bonds is 4. The molecule has 1 aliphatic heterocycles. The van der Waals surface area contributed by atoms with Gasteiger partial charge in [-0.3, -0.25) is 4.40 Å². The van der Waals surface area contributed by atoms with E-state index in [0.29, 0.717) is 16.3 Å². The number of pyridine rings is 3. The number of hydrogen-bond donors (Lipinski definition) is 1. The van der Waals surface area contributed by atoms with Crippen molar-refractivity contribution in [2.45, 2.75) is 35.5 Å². The van der Waals surface area contributed by atoms with Crippen molar-refractivity contribution in [3.63, 3.8) is 0 Å². The van der Waals surface area contributed by atoms with Crippen LogP contribution >= 0.6 is 23.4 Å². The second-order valence-corrected chi connectivity index (χ2v) is 11.9. The summed E-state index contributed by atoms with van der Waals surface area (Å²) >= 11 is 7.94. The molecule has 10 heteroatoms. The van der Waals surface area contributed by atoms with E-state index in [1.807, 2.05) is 12.3 Å². The number of piperidine rings is 1. The fourth-order valence-electron chi connectivity index (χ4n) is 5.87. The van der Waals surface area contributed by atoms with Gasteiger partial charge in [0.25, 0.3) is 0 Å². The summed E-state index contributed by atoms with van der Waals surface area (Å²) in [6.45, 7) is 1.98. The normalized spacial score (nSPS) is 16.8. The first kappa shape index (κ1) is 22.9. The van der Waals surface area contributed by atoms with Crippen LogP contribution in [0.4, 0.5) is 17.5 Å². The molecule has 6 heterocycles. The molecular formula is C27H27ClN8S. The maximum absolute atomic E-state index is 6.40. The molecule has 0 radical (unpaired) electrons. The van der Waals surface area contributed by atoms with Crippen LogP contribution in [0.2, 0.25) is 5.02 Å². The van der Waals surface area contributed by atoms with Crippen molar-refractivity contribution in [1.82, 2.24) is 24.3 Å². The molecule has 1 saturated heterocycles. The minimum atomic E-state index is 0.311. The van der Waals surface area contributed by atoms with Gasteiger partial charge in [-0.05, 0) is 60.9 Å². The third-order valence-corrected chi connectivity index (χ3v) is 9.50. The lowest BCUT2D eigenvalue weighted by atomic mass is 9.76. The van der Waals surface area contributed by atoms with Gasteiger partial charge >= 0.3 is 0 Å². The zero-order valence-corrected chi connectivity index (χ0v) is 22.4. The third kappa shape index (κ3) is 3.67. The summed E-state index contributed by atoms with van der Waals surface area (Å²) < 4.78 is 2.15. The zero-order valence-electron chi connectivity index (χ0n) is 20.8. The van der Waals surface area contributed by atoms with E-state index in [4.69, 9.17) is 32.3 Å². The standard InChI is InChI=1S/C27H27ClN8S/c1-34(2)21-5-3-16-13-27(14-17(16)32-21)8-11-35(12-9-27)25-18-15-31-26-20(4-6-22(33-25)36(18)26)37-19-7-10-30-24(29)23(19)28/h3-7,10,15H,8-9,11-14H2,1-2H3,(H2,29,30). The SMILES string of the molecule is CN(C)c1ccc2c(n1)CC1(CCN(c3nc4ccc(Sc5ccnc(N)c5Cl)c5ncc3n45)CC1)C2. The molecule has 0 aromatic carbocycles. The van der Waals surface area contributed by atoms with Crippen LogP contribution in [0.25, 0.3) is 16.8 Å². The van der Waals surface area contributed by atoms with E-state index in [-0.39, 0.29) is 0 Å². The summed E-state index contributed by atoms with van der Waals surface area (Å²) in [5, 5.41) is 0.470. The van der Waals surface area contributed by atoms with E-state index in [1.165, 1.54) is 11.3 Å². The average molecular weight is 531 g/mol. The number of anilines is 3. The molecule has 2 aliphatic rings. The van der Waals surface area contributed by atoms with Gasteiger partial charge in [-0.25, -0.2) is 19.9 Å². The van der Waals surface area contributed by atoms with Crippen molar-refractivity contribution < 1.29 is 0 Å². The fraction of sp³-hybridized carbons (Fsp3) is 0.333. The van der Waals surface area contributed by atoms with E-state index < -0.39 is 0 Å². The minimum Gasteiger partial charge on any atom is -0.382 e. The van der Waals surface area contributed by atoms with Crippen LogP contribution < -0.4 is 15.5 Å². The minimum absolute atomic E-state index is 0.311. The molecule has 188 valence electrons. The van der Waals surface area contributed by atoms with Gasteiger partial charge in [0.1, 0.15) is 22.8 Å². The smallest absolute Gasteiger partial charge is 0.157 e. The van der Waals surface area contributed by atoms with Gasteiger partial charge in [-0.1, -0.05) is 29.4 Å². The highest BCUT2D eigenvalue weighted by Crippen LogP contribution is 2.46. The molecule has 5 aromatic rings. The van der Waals surface area contributed by atoms with Crippen molar-refractivity contribution in [1.29, 1.82) is 0 Å². The van der Waals surface area contributed by atoms with Crippen LogP contribution in [0.3, 0.4) is 0 Å². The summed E-state index contributed by atoms with van der Waals surface area (Å²) in [5.41, 5.74) is 11.8. The second kappa shape index (κ2) is 8.36. The Morgan fingerprint density at radius 1 is 1.00 bits per heavy atom. The Labute approximate surface area is 224 Å². The molecule has 0 bridgehead atoms. The average Bonchev–Trinajstić information content (AvgIpc) is 3.59. The molecule has 0 saturated carbocycles. The number of imidazole rings is 2. The molecule has 0 amide bonds. The molecule has 0 atom stereocenters. The maximum atomic E-state index is 6.40. The predicted octanol–water partition coefficient (Wildman–Crippen LogP) is 4.95.